The summed E-state index contributed by atoms with van der Waals surface area (Å²) in [5.41, 5.74) is 2.86. The van der Waals surface area contributed by atoms with Crippen molar-refractivity contribution in [1.82, 2.24) is 15.2 Å². The molecule has 0 N–H and O–H groups in total. The van der Waals surface area contributed by atoms with Gasteiger partial charge in [-0.05, 0) is 12.5 Å². The molecule has 19 heavy (non-hydrogen) atoms. The molecule has 0 amide bonds. The average molecular weight is 290 g/mol. The van der Waals surface area contributed by atoms with Gasteiger partial charge in [0.15, 0.2) is 10.3 Å². The third-order valence-corrected chi connectivity index (χ3v) is 3.57. The van der Waals surface area contributed by atoms with Gasteiger partial charge in [-0.25, -0.2) is 0 Å². The van der Waals surface area contributed by atoms with Gasteiger partial charge in [0.25, 0.3) is 0 Å². The third kappa shape index (κ3) is 2.05. The van der Waals surface area contributed by atoms with Crippen LogP contribution < -0.4 is 0 Å². The van der Waals surface area contributed by atoms with Crippen molar-refractivity contribution < 1.29 is 0 Å². The molecular weight excluding hydrogens is 281 g/mol. The van der Waals surface area contributed by atoms with Gasteiger partial charge in [-0.1, -0.05) is 53.5 Å². The molecule has 3 nitrogen and oxygen atoms in total. The lowest BCUT2D eigenvalue weighted by Crippen LogP contribution is -1.94. The van der Waals surface area contributed by atoms with Gasteiger partial charge in [0.2, 0.25) is 0 Å². The normalized spacial score (nSPS) is 10.9. The van der Waals surface area contributed by atoms with E-state index in [1.807, 2.05) is 37.3 Å². The van der Waals surface area contributed by atoms with Gasteiger partial charge in [0.05, 0.1) is 5.69 Å². The SMILES string of the molecule is Cc1c(-c2ccccc2)ncc2c(Cl)nnc(Cl)c12. The number of pyridine rings is 1. The lowest BCUT2D eigenvalue weighted by molar-refractivity contribution is 1.05. The molecule has 2 aromatic heterocycles. The first-order chi connectivity index (χ1) is 9.18. The maximum atomic E-state index is 6.13. The summed E-state index contributed by atoms with van der Waals surface area (Å²) in [6, 6.07) is 9.92. The standard InChI is InChI=1S/C14H9Cl2N3/c1-8-11-10(13(15)18-19-14(11)16)7-17-12(8)9-5-3-2-4-6-9/h2-7H,1H3. The third-order valence-electron chi connectivity index (χ3n) is 3.02. The molecule has 0 radical (unpaired) electrons. The summed E-state index contributed by atoms with van der Waals surface area (Å²) in [5.74, 6) is 0. The van der Waals surface area contributed by atoms with E-state index in [2.05, 4.69) is 15.2 Å². The van der Waals surface area contributed by atoms with Crippen molar-refractivity contribution in [3.8, 4) is 11.3 Å². The maximum absolute atomic E-state index is 6.13. The largest absolute Gasteiger partial charge is 0.255 e. The predicted molar refractivity (Wildman–Crippen MR) is 77.5 cm³/mol. The Labute approximate surface area is 120 Å². The second-order valence-corrected chi connectivity index (χ2v) is 4.88. The van der Waals surface area contributed by atoms with Crippen LogP contribution in [0.2, 0.25) is 10.3 Å². The number of halogens is 2. The average Bonchev–Trinajstić information content (AvgIpc) is 2.44. The number of aryl methyl sites for hydroxylation is 1. The highest BCUT2D eigenvalue weighted by atomic mass is 35.5. The Balaban J connectivity index is 2.36. The van der Waals surface area contributed by atoms with E-state index in [9.17, 15) is 0 Å². The summed E-state index contributed by atoms with van der Waals surface area (Å²) in [7, 11) is 0. The maximum Gasteiger partial charge on any atom is 0.161 e. The smallest absolute Gasteiger partial charge is 0.161 e. The zero-order valence-corrected chi connectivity index (χ0v) is 11.6. The van der Waals surface area contributed by atoms with Gasteiger partial charge in [0.1, 0.15) is 0 Å². The van der Waals surface area contributed by atoms with E-state index in [0.717, 1.165) is 27.6 Å². The van der Waals surface area contributed by atoms with Crippen molar-refractivity contribution in [3.05, 3.63) is 52.4 Å². The van der Waals surface area contributed by atoms with Gasteiger partial charge < -0.3 is 0 Å². The Hall–Kier alpha value is -1.71. The molecule has 0 unspecified atom stereocenters. The molecule has 3 rings (SSSR count). The lowest BCUT2D eigenvalue weighted by Gasteiger charge is -2.09. The minimum atomic E-state index is 0.314. The highest BCUT2D eigenvalue weighted by Gasteiger charge is 2.13. The molecule has 0 aliphatic carbocycles. The Morgan fingerprint density at radius 3 is 2.37 bits per heavy atom. The Morgan fingerprint density at radius 2 is 1.63 bits per heavy atom. The first kappa shape index (κ1) is 12.3. The van der Waals surface area contributed by atoms with Gasteiger partial charge in [0, 0.05) is 22.5 Å². The van der Waals surface area contributed by atoms with Crippen molar-refractivity contribution in [1.29, 1.82) is 0 Å². The van der Waals surface area contributed by atoms with Crippen molar-refractivity contribution in [2.45, 2.75) is 6.92 Å². The van der Waals surface area contributed by atoms with E-state index >= 15 is 0 Å². The molecular formula is C14H9Cl2N3. The number of fused-ring (bicyclic) bond motifs is 1. The summed E-state index contributed by atoms with van der Waals surface area (Å²) < 4.78 is 0. The second-order valence-electron chi connectivity index (χ2n) is 4.17. The molecule has 1 aromatic carbocycles. The van der Waals surface area contributed by atoms with E-state index in [-0.39, 0.29) is 0 Å². The first-order valence-corrected chi connectivity index (χ1v) is 6.46. The molecule has 0 aliphatic rings. The van der Waals surface area contributed by atoms with Crippen molar-refractivity contribution in [2.24, 2.45) is 0 Å². The second kappa shape index (κ2) is 4.76. The van der Waals surface area contributed by atoms with Crippen LogP contribution in [-0.4, -0.2) is 15.2 Å². The lowest BCUT2D eigenvalue weighted by atomic mass is 10.0. The minimum Gasteiger partial charge on any atom is -0.255 e. The molecule has 2 heterocycles. The van der Waals surface area contributed by atoms with Crippen LogP contribution in [0.15, 0.2) is 36.5 Å². The van der Waals surface area contributed by atoms with E-state index in [4.69, 9.17) is 23.2 Å². The van der Waals surface area contributed by atoms with Gasteiger partial charge in [-0.3, -0.25) is 4.98 Å². The molecule has 5 heteroatoms. The number of rotatable bonds is 1. The number of hydrogen-bond donors (Lipinski definition) is 0. The fourth-order valence-corrected chi connectivity index (χ4v) is 2.57. The van der Waals surface area contributed by atoms with Crippen molar-refractivity contribution in [3.63, 3.8) is 0 Å². The topological polar surface area (TPSA) is 38.7 Å². The van der Waals surface area contributed by atoms with Gasteiger partial charge in [-0.15, -0.1) is 10.2 Å². The highest BCUT2D eigenvalue weighted by molar-refractivity contribution is 6.38. The molecule has 94 valence electrons. The summed E-state index contributed by atoms with van der Waals surface area (Å²) >= 11 is 12.2. The summed E-state index contributed by atoms with van der Waals surface area (Å²) in [4.78, 5) is 4.47. The zero-order chi connectivity index (χ0) is 13.4. The van der Waals surface area contributed by atoms with Gasteiger partial charge in [-0.2, -0.15) is 0 Å². The quantitative estimate of drug-likeness (QED) is 0.670. The van der Waals surface area contributed by atoms with Crippen LogP contribution in [0.3, 0.4) is 0 Å². The molecule has 3 aromatic rings. The summed E-state index contributed by atoms with van der Waals surface area (Å²) in [6.45, 7) is 1.96. The monoisotopic (exact) mass is 289 g/mol. The van der Waals surface area contributed by atoms with Crippen LogP contribution in [0, 0.1) is 6.92 Å². The fraction of sp³-hybridized carbons (Fsp3) is 0.0714. The molecule has 0 aliphatic heterocycles. The number of nitrogens with zero attached hydrogens (tertiary/aromatic N) is 3. The molecule has 0 bridgehead atoms. The van der Waals surface area contributed by atoms with Crippen LogP contribution in [0.5, 0.6) is 0 Å². The molecule has 0 spiro atoms. The summed E-state index contributed by atoms with van der Waals surface area (Å²) in [6.07, 6.45) is 1.69. The van der Waals surface area contributed by atoms with Crippen LogP contribution in [-0.2, 0) is 0 Å². The van der Waals surface area contributed by atoms with E-state index < -0.39 is 0 Å². The predicted octanol–water partition coefficient (Wildman–Crippen LogP) is 4.31. The Kier molecular flexibility index (Phi) is 3.09. The van der Waals surface area contributed by atoms with Crippen LogP contribution >= 0.6 is 23.2 Å². The fourth-order valence-electron chi connectivity index (χ4n) is 2.11. The zero-order valence-electron chi connectivity index (χ0n) is 10.1. The number of aromatic nitrogens is 3. The van der Waals surface area contributed by atoms with Crippen molar-refractivity contribution >= 4 is 34.0 Å². The highest BCUT2D eigenvalue weighted by Crippen LogP contribution is 2.33. The summed E-state index contributed by atoms with van der Waals surface area (Å²) in [5, 5.41) is 9.83. The van der Waals surface area contributed by atoms with Crippen molar-refractivity contribution in [2.75, 3.05) is 0 Å². The number of hydrogen-bond acceptors (Lipinski definition) is 3. The van der Waals surface area contributed by atoms with Crippen LogP contribution in [0.25, 0.3) is 22.0 Å². The molecule has 0 saturated heterocycles. The van der Waals surface area contributed by atoms with E-state index in [0.29, 0.717) is 10.3 Å². The Morgan fingerprint density at radius 1 is 0.947 bits per heavy atom. The van der Waals surface area contributed by atoms with Crippen LogP contribution in [0.4, 0.5) is 0 Å². The molecule has 0 fully saturated rings. The van der Waals surface area contributed by atoms with Gasteiger partial charge >= 0.3 is 0 Å². The molecule has 0 saturated carbocycles. The first-order valence-electron chi connectivity index (χ1n) is 5.71. The minimum absolute atomic E-state index is 0.314. The molecule has 0 atom stereocenters. The van der Waals surface area contributed by atoms with Crippen LogP contribution in [0.1, 0.15) is 5.56 Å². The number of benzene rings is 1. The van der Waals surface area contributed by atoms with E-state index in [1.165, 1.54) is 0 Å². The Bertz CT molecular complexity index is 757. The van der Waals surface area contributed by atoms with E-state index in [1.54, 1.807) is 6.20 Å².